The lowest BCUT2D eigenvalue weighted by Crippen LogP contribution is -2.31. The van der Waals surface area contributed by atoms with Crippen LogP contribution >= 0.6 is 0 Å². The zero-order chi connectivity index (χ0) is 9.94. The molecule has 0 bridgehead atoms. The third-order valence-corrected chi connectivity index (χ3v) is 1.97. The predicted octanol–water partition coefficient (Wildman–Crippen LogP) is 1.23. The molecule has 13 heavy (non-hydrogen) atoms. The first-order valence-corrected chi connectivity index (χ1v) is 4.98. The van der Waals surface area contributed by atoms with Crippen LogP contribution in [0.25, 0.3) is 0 Å². The van der Waals surface area contributed by atoms with Gasteiger partial charge in [0.05, 0.1) is 6.61 Å². The Bertz CT molecular complexity index is 109. The second-order valence-electron chi connectivity index (χ2n) is 3.24. The number of carbonyl (C=O) groups is 1. The maximum Gasteiger partial charge on any atom is 0.119 e. The van der Waals surface area contributed by atoms with Crippen molar-refractivity contribution in [3.63, 3.8) is 0 Å². The Hall–Kier alpha value is -0.410. The molecule has 1 atom stereocenters. The Labute approximate surface area is 80.8 Å². The molecule has 1 saturated heterocycles. The molecule has 1 N–H and O–H groups in total. The second-order valence-corrected chi connectivity index (χ2v) is 3.24. The van der Waals surface area contributed by atoms with Gasteiger partial charge in [-0.2, -0.15) is 0 Å². The summed E-state index contributed by atoms with van der Waals surface area (Å²) in [6, 6.07) is 0. The minimum Gasteiger partial charge on any atom is -0.384 e. The molecule has 0 unspecified atom stereocenters. The highest BCUT2D eigenvalue weighted by atomic mass is 16.5. The Morgan fingerprint density at radius 3 is 2.69 bits per heavy atom. The quantitative estimate of drug-likeness (QED) is 0.675. The van der Waals surface area contributed by atoms with Crippen LogP contribution < -0.4 is 5.32 Å². The fourth-order valence-corrected chi connectivity index (χ4v) is 1.30. The molecule has 3 nitrogen and oxygen atoms in total. The van der Waals surface area contributed by atoms with Gasteiger partial charge in [0.15, 0.2) is 0 Å². The van der Waals surface area contributed by atoms with Crippen molar-refractivity contribution in [1.82, 2.24) is 5.32 Å². The van der Waals surface area contributed by atoms with Crippen LogP contribution in [0, 0.1) is 5.92 Å². The summed E-state index contributed by atoms with van der Waals surface area (Å²) < 4.78 is 5.04. The number of rotatable bonds is 3. The highest BCUT2D eigenvalue weighted by Gasteiger charge is 2.11. The van der Waals surface area contributed by atoms with E-state index in [4.69, 9.17) is 4.74 Å². The van der Waals surface area contributed by atoms with Gasteiger partial charge < -0.3 is 14.8 Å². The highest BCUT2D eigenvalue weighted by molar-refractivity contribution is 5.48. The predicted molar refractivity (Wildman–Crippen MR) is 53.8 cm³/mol. The maximum atomic E-state index is 9.17. The average molecular weight is 187 g/mol. The normalized spacial score (nSPS) is 21.5. The van der Waals surface area contributed by atoms with Crippen LogP contribution in [0.15, 0.2) is 0 Å². The molecule has 1 aliphatic rings. The summed E-state index contributed by atoms with van der Waals surface area (Å²) in [4.78, 5) is 9.17. The maximum absolute atomic E-state index is 9.17. The first-order valence-electron chi connectivity index (χ1n) is 4.98. The van der Waals surface area contributed by atoms with Crippen LogP contribution in [0.5, 0.6) is 0 Å². The van der Waals surface area contributed by atoms with Crippen LogP contribution in [0.1, 0.15) is 26.2 Å². The summed E-state index contributed by atoms with van der Waals surface area (Å²) in [6.45, 7) is 5.08. The SMILES string of the molecule is CCC=O.COC[C@@H]1CCCNC1. The molecule has 0 spiro atoms. The number of ether oxygens (including phenoxy) is 1. The Kier molecular flexibility index (Phi) is 9.37. The first-order chi connectivity index (χ1) is 6.35. The van der Waals surface area contributed by atoms with E-state index in [-0.39, 0.29) is 0 Å². The summed E-state index contributed by atoms with van der Waals surface area (Å²) in [5.74, 6) is 0.767. The van der Waals surface area contributed by atoms with E-state index in [0.717, 1.165) is 25.4 Å². The van der Waals surface area contributed by atoms with Gasteiger partial charge in [0, 0.05) is 20.1 Å². The van der Waals surface area contributed by atoms with Gasteiger partial charge in [-0.15, -0.1) is 0 Å². The number of hydrogen-bond acceptors (Lipinski definition) is 3. The van der Waals surface area contributed by atoms with Crippen molar-refractivity contribution in [3.8, 4) is 0 Å². The molecule has 0 aromatic heterocycles. The highest BCUT2D eigenvalue weighted by Crippen LogP contribution is 2.08. The van der Waals surface area contributed by atoms with E-state index in [0.29, 0.717) is 6.42 Å². The van der Waals surface area contributed by atoms with Gasteiger partial charge in [0.1, 0.15) is 6.29 Å². The lowest BCUT2D eigenvalue weighted by Gasteiger charge is -2.21. The van der Waals surface area contributed by atoms with Crippen LogP contribution in [0.2, 0.25) is 0 Å². The molecule has 1 fully saturated rings. The van der Waals surface area contributed by atoms with Crippen molar-refractivity contribution in [2.24, 2.45) is 5.92 Å². The molecule has 0 aromatic carbocycles. The zero-order valence-corrected chi connectivity index (χ0v) is 8.71. The molecule has 0 amide bonds. The van der Waals surface area contributed by atoms with E-state index in [1.54, 1.807) is 7.11 Å². The fraction of sp³-hybridized carbons (Fsp3) is 0.900. The van der Waals surface area contributed by atoms with Crippen molar-refractivity contribution < 1.29 is 9.53 Å². The van der Waals surface area contributed by atoms with Crippen LogP contribution in [0.3, 0.4) is 0 Å². The van der Waals surface area contributed by atoms with E-state index in [1.807, 2.05) is 6.92 Å². The molecule has 78 valence electrons. The Morgan fingerprint density at radius 2 is 2.31 bits per heavy atom. The van der Waals surface area contributed by atoms with Gasteiger partial charge in [-0.3, -0.25) is 0 Å². The number of carbonyl (C=O) groups excluding carboxylic acids is 1. The minimum absolute atomic E-state index is 0.639. The van der Waals surface area contributed by atoms with Crippen LogP contribution in [-0.2, 0) is 9.53 Å². The second kappa shape index (κ2) is 9.68. The van der Waals surface area contributed by atoms with Crippen molar-refractivity contribution in [2.45, 2.75) is 26.2 Å². The number of hydrogen-bond donors (Lipinski definition) is 1. The average Bonchev–Trinajstić information content (AvgIpc) is 2.20. The molecule has 1 heterocycles. The van der Waals surface area contributed by atoms with Gasteiger partial charge in [0.2, 0.25) is 0 Å². The van der Waals surface area contributed by atoms with Gasteiger partial charge >= 0.3 is 0 Å². The number of methoxy groups -OCH3 is 1. The largest absolute Gasteiger partial charge is 0.384 e. The third-order valence-electron chi connectivity index (χ3n) is 1.97. The van der Waals surface area contributed by atoms with Gasteiger partial charge in [0.25, 0.3) is 0 Å². The molecule has 0 aromatic rings. The van der Waals surface area contributed by atoms with E-state index < -0.39 is 0 Å². The zero-order valence-electron chi connectivity index (χ0n) is 8.71. The van der Waals surface area contributed by atoms with Crippen molar-refractivity contribution >= 4 is 6.29 Å². The van der Waals surface area contributed by atoms with Gasteiger partial charge in [-0.1, -0.05) is 6.92 Å². The van der Waals surface area contributed by atoms with Crippen molar-refractivity contribution in [2.75, 3.05) is 26.8 Å². The van der Waals surface area contributed by atoms with Crippen molar-refractivity contribution in [3.05, 3.63) is 0 Å². The van der Waals surface area contributed by atoms with Gasteiger partial charge in [-0.25, -0.2) is 0 Å². The Balaban J connectivity index is 0.000000310. The number of aldehydes is 1. The standard InChI is InChI=1S/C7H15NO.C3H6O/c1-9-6-7-3-2-4-8-5-7;1-2-3-4/h7-8H,2-6H2,1H3;3H,2H2,1H3/t7-;/m1./s1. The molecule has 0 aliphatic carbocycles. The lowest BCUT2D eigenvalue weighted by molar-refractivity contribution is -0.107. The molecule has 3 heteroatoms. The molecule has 1 aliphatic heterocycles. The van der Waals surface area contributed by atoms with Gasteiger partial charge in [-0.05, 0) is 25.3 Å². The van der Waals surface area contributed by atoms with Crippen LogP contribution in [0.4, 0.5) is 0 Å². The fourth-order valence-electron chi connectivity index (χ4n) is 1.30. The van der Waals surface area contributed by atoms with Crippen molar-refractivity contribution in [1.29, 1.82) is 0 Å². The Morgan fingerprint density at radius 1 is 1.62 bits per heavy atom. The summed E-state index contributed by atoms with van der Waals surface area (Å²) in [7, 11) is 1.77. The molecule has 1 rings (SSSR count). The minimum atomic E-state index is 0.639. The lowest BCUT2D eigenvalue weighted by atomic mass is 10.0. The molecule has 0 saturated carbocycles. The molecular formula is C10H21NO2. The third kappa shape index (κ3) is 7.94. The summed E-state index contributed by atoms with van der Waals surface area (Å²) >= 11 is 0. The van der Waals surface area contributed by atoms with E-state index in [2.05, 4.69) is 5.32 Å². The molecule has 0 radical (unpaired) electrons. The topological polar surface area (TPSA) is 38.3 Å². The number of nitrogens with one attached hydrogen (secondary N) is 1. The number of piperidine rings is 1. The first kappa shape index (κ1) is 12.6. The van der Waals surface area contributed by atoms with E-state index in [1.165, 1.54) is 19.4 Å². The van der Waals surface area contributed by atoms with E-state index >= 15 is 0 Å². The summed E-state index contributed by atoms with van der Waals surface area (Å²) in [5.41, 5.74) is 0. The monoisotopic (exact) mass is 187 g/mol. The summed E-state index contributed by atoms with van der Waals surface area (Å²) in [5, 5.41) is 3.34. The smallest absolute Gasteiger partial charge is 0.119 e. The molecular weight excluding hydrogens is 166 g/mol. The van der Waals surface area contributed by atoms with Crippen LogP contribution in [-0.4, -0.2) is 33.1 Å². The summed E-state index contributed by atoms with van der Waals surface area (Å²) in [6.07, 6.45) is 4.16. The van der Waals surface area contributed by atoms with E-state index in [9.17, 15) is 4.79 Å².